The molecule has 1 aliphatic heterocycles. The summed E-state index contributed by atoms with van der Waals surface area (Å²) in [7, 11) is 0. The van der Waals surface area contributed by atoms with E-state index in [1.807, 2.05) is 6.07 Å². The van der Waals surface area contributed by atoms with Gasteiger partial charge in [-0.2, -0.15) is 0 Å². The first-order valence-electron chi connectivity index (χ1n) is 7.07. The maximum atomic E-state index is 5.70. The minimum atomic E-state index is 0.174. The zero-order valence-electron chi connectivity index (χ0n) is 12.1. The number of hydrogen-bond acceptors (Lipinski definition) is 4. The lowest BCUT2D eigenvalue weighted by Crippen LogP contribution is -2.23. The average molecular weight is 368 g/mol. The molecular weight excluding hydrogens is 350 g/mol. The van der Waals surface area contributed by atoms with Crippen LogP contribution in [0.25, 0.3) is 0 Å². The van der Waals surface area contributed by atoms with E-state index < -0.39 is 0 Å². The van der Waals surface area contributed by atoms with E-state index in [2.05, 4.69) is 53.3 Å². The van der Waals surface area contributed by atoms with E-state index in [-0.39, 0.29) is 6.04 Å². The predicted octanol–water partition coefficient (Wildman–Crippen LogP) is 4.29. The summed E-state index contributed by atoms with van der Waals surface area (Å²) in [6.07, 6.45) is 0. The van der Waals surface area contributed by atoms with Gasteiger partial charge in [-0.25, -0.2) is 0 Å². The molecule has 0 aliphatic carbocycles. The highest BCUT2D eigenvalue weighted by Crippen LogP contribution is 2.37. The van der Waals surface area contributed by atoms with Gasteiger partial charge in [-0.15, -0.1) is 11.3 Å². The van der Waals surface area contributed by atoms with Crippen LogP contribution >= 0.6 is 27.3 Å². The third-order valence-electron chi connectivity index (χ3n) is 3.54. The van der Waals surface area contributed by atoms with Gasteiger partial charge in [0.1, 0.15) is 13.2 Å². The summed E-state index contributed by atoms with van der Waals surface area (Å²) in [4.78, 5) is 1.32. The number of fused-ring (bicyclic) bond motifs is 1. The van der Waals surface area contributed by atoms with Gasteiger partial charge < -0.3 is 14.8 Å². The van der Waals surface area contributed by atoms with E-state index in [1.54, 1.807) is 11.3 Å². The summed E-state index contributed by atoms with van der Waals surface area (Å²) in [5.41, 5.74) is 2.51. The molecule has 0 amide bonds. The molecule has 5 heteroatoms. The molecule has 1 aliphatic rings. The molecule has 21 heavy (non-hydrogen) atoms. The van der Waals surface area contributed by atoms with Gasteiger partial charge in [0.2, 0.25) is 0 Å². The number of rotatable bonds is 4. The Balaban J connectivity index is 1.99. The van der Waals surface area contributed by atoms with Crippen molar-refractivity contribution in [2.45, 2.75) is 19.9 Å². The monoisotopic (exact) mass is 367 g/mol. The van der Waals surface area contributed by atoms with Gasteiger partial charge in [0.15, 0.2) is 11.5 Å². The lowest BCUT2D eigenvalue weighted by molar-refractivity contribution is 0.171. The van der Waals surface area contributed by atoms with Gasteiger partial charge in [0.25, 0.3) is 0 Å². The number of benzene rings is 1. The van der Waals surface area contributed by atoms with Gasteiger partial charge in [0, 0.05) is 4.88 Å². The quantitative estimate of drug-likeness (QED) is 0.874. The molecule has 112 valence electrons. The molecule has 0 saturated heterocycles. The molecule has 0 saturated carbocycles. The first-order valence-corrected chi connectivity index (χ1v) is 8.68. The molecule has 1 N–H and O–H groups in total. The summed E-state index contributed by atoms with van der Waals surface area (Å²) in [6.45, 7) is 6.44. The van der Waals surface area contributed by atoms with E-state index >= 15 is 0 Å². The van der Waals surface area contributed by atoms with Crippen LogP contribution in [0.5, 0.6) is 11.5 Å². The van der Waals surface area contributed by atoms with E-state index in [0.717, 1.165) is 21.8 Å². The van der Waals surface area contributed by atoms with E-state index in [0.29, 0.717) is 13.2 Å². The van der Waals surface area contributed by atoms with Crippen LogP contribution in [0, 0.1) is 6.92 Å². The summed E-state index contributed by atoms with van der Waals surface area (Å²) in [5, 5.41) is 3.57. The van der Waals surface area contributed by atoms with Crippen molar-refractivity contribution < 1.29 is 9.47 Å². The van der Waals surface area contributed by atoms with E-state index in [9.17, 15) is 0 Å². The Hall–Kier alpha value is -1.04. The number of halogens is 1. The number of aryl methyl sites for hydroxylation is 1. The lowest BCUT2D eigenvalue weighted by atomic mass is 9.99. The normalized spacial score (nSPS) is 15.0. The molecule has 0 fully saturated rings. The van der Waals surface area contributed by atoms with Crippen LogP contribution in [0.3, 0.4) is 0 Å². The zero-order chi connectivity index (χ0) is 14.8. The molecule has 1 aromatic carbocycles. The van der Waals surface area contributed by atoms with Crippen molar-refractivity contribution >= 4 is 27.3 Å². The molecule has 2 aromatic rings. The van der Waals surface area contributed by atoms with Crippen LogP contribution in [-0.2, 0) is 0 Å². The van der Waals surface area contributed by atoms with Crippen LogP contribution in [-0.4, -0.2) is 19.8 Å². The second-order valence-corrected chi connectivity index (χ2v) is 7.59. The molecule has 0 bridgehead atoms. The number of ether oxygens (including phenoxy) is 2. The minimum absolute atomic E-state index is 0.174. The first-order chi connectivity index (χ1) is 10.2. The van der Waals surface area contributed by atoms with Crippen LogP contribution in [0.1, 0.15) is 29.0 Å². The summed E-state index contributed by atoms with van der Waals surface area (Å²) in [5.74, 6) is 1.68. The van der Waals surface area contributed by atoms with Crippen molar-refractivity contribution in [3.8, 4) is 11.5 Å². The maximum absolute atomic E-state index is 5.70. The fourth-order valence-electron chi connectivity index (χ4n) is 2.60. The zero-order valence-corrected chi connectivity index (χ0v) is 14.5. The minimum Gasteiger partial charge on any atom is -0.486 e. The van der Waals surface area contributed by atoms with Gasteiger partial charge in [-0.3, -0.25) is 0 Å². The van der Waals surface area contributed by atoms with Gasteiger partial charge in [-0.05, 0) is 58.7 Å². The molecule has 1 atom stereocenters. The Morgan fingerprint density at radius 3 is 2.67 bits per heavy atom. The van der Waals surface area contributed by atoms with Crippen molar-refractivity contribution in [1.82, 2.24) is 5.32 Å². The highest BCUT2D eigenvalue weighted by molar-refractivity contribution is 9.11. The van der Waals surface area contributed by atoms with Crippen molar-refractivity contribution in [2.24, 2.45) is 0 Å². The lowest BCUT2D eigenvalue weighted by Gasteiger charge is -2.23. The smallest absolute Gasteiger partial charge is 0.161 e. The molecule has 1 aromatic heterocycles. The SMILES string of the molecule is CCNC(c1ccc2c(c1)OCCO2)c1cc(Br)sc1C. The molecule has 0 spiro atoms. The number of thiophene rings is 1. The molecule has 2 heterocycles. The first kappa shape index (κ1) is 14.9. The second kappa shape index (κ2) is 6.38. The molecule has 3 nitrogen and oxygen atoms in total. The van der Waals surface area contributed by atoms with Crippen LogP contribution in [0.2, 0.25) is 0 Å². The van der Waals surface area contributed by atoms with E-state index in [4.69, 9.17) is 9.47 Å². The summed E-state index contributed by atoms with van der Waals surface area (Å²) < 4.78 is 12.5. The topological polar surface area (TPSA) is 30.5 Å². The highest BCUT2D eigenvalue weighted by Gasteiger charge is 2.20. The molecule has 3 rings (SSSR count). The van der Waals surface area contributed by atoms with Gasteiger partial charge in [0.05, 0.1) is 9.83 Å². The van der Waals surface area contributed by atoms with E-state index in [1.165, 1.54) is 16.0 Å². The fraction of sp³-hybridized carbons (Fsp3) is 0.375. The molecular formula is C16H18BrNO2S. The Bertz CT molecular complexity index is 641. The molecule has 1 unspecified atom stereocenters. The third kappa shape index (κ3) is 3.10. The van der Waals surface area contributed by atoms with Crippen molar-refractivity contribution in [1.29, 1.82) is 0 Å². The highest BCUT2D eigenvalue weighted by atomic mass is 79.9. The third-order valence-corrected chi connectivity index (χ3v) is 5.11. The Morgan fingerprint density at radius 1 is 1.24 bits per heavy atom. The largest absolute Gasteiger partial charge is 0.486 e. The maximum Gasteiger partial charge on any atom is 0.161 e. The summed E-state index contributed by atoms with van der Waals surface area (Å²) in [6, 6.07) is 8.58. The second-order valence-electron chi connectivity index (χ2n) is 4.96. The standard InChI is InChI=1S/C16H18BrNO2S/c1-3-18-16(12-9-15(17)21-10(12)2)11-4-5-13-14(8-11)20-7-6-19-13/h4-5,8-9,16,18H,3,6-7H2,1-2H3. The number of nitrogens with one attached hydrogen (secondary N) is 1. The Morgan fingerprint density at radius 2 is 2.00 bits per heavy atom. The van der Waals surface area contributed by atoms with Crippen molar-refractivity contribution in [2.75, 3.05) is 19.8 Å². The van der Waals surface area contributed by atoms with Crippen molar-refractivity contribution in [3.05, 3.63) is 44.1 Å². The average Bonchev–Trinajstić information content (AvgIpc) is 2.83. The van der Waals surface area contributed by atoms with Crippen LogP contribution in [0.15, 0.2) is 28.1 Å². The van der Waals surface area contributed by atoms with Crippen molar-refractivity contribution in [3.63, 3.8) is 0 Å². The fourth-order valence-corrected chi connectivity index (χ4v) is 4.34. The summed E-state index contributed by atoms with van der Waals surface area (Å²) >= 11 is 5.35. The predicted molar refractivity (Wildman–Crippen MR) is 89.7 cm³/mol. The van der Waals surface area contributed by atoms with Crippen LogP contribution < -0.4 is 14.8 Å². The molecule has 0 radical (unpaired) electrons. The van der Waals surface area contributed by atoms with Crippen LogP contribution in [0.4, 0.5) is 0 Å². The Kier molecular flexibility index (Phi) is 4.52. The Labute approximate surface area is 137 Å². The number of hydrogen-bond donors (Lipinski definition) is 1. The van der Waals surface area contributed by atoms with Gasteiger partial charge >= 0.3 is 0 Å². The van der Waals surface area contributed by atoms with Gasteiger partial charge in [-0.1, -0.05) is 13.0 Å².